The van der Waals surface area contributed by atoms with E-state index in [-0.39, 0.29) is 37.5 Å². The average Bonchev–Trinajstić information content (AvgIpc) is 3.27. The van der Waals surface area contributed by atoms with Crippen molar-refractivity contribution >= 4 is 32.8 Å². The number of hydrogen-bond donors (Lipinski definition) is 3. The smallest absolute Gasteiger partial charge is 0.356 e. The highest BCUT2D eigenvalue weighted by atomic mass is 32.2. The molecule has 0 spiro atoms. The van der Waals surface area contributed by atoms with Gasteiger partial charge in [0.15, 0.2) is 5.82 Å². The lowest BCUT2D eigenvalue weighted by molar-refractivity contribution is -0.141. The number of pyridine rings is 1. The summed E-state index contributed by atoms with van der Waals surface area (Å²) >= 11 is 0. The highest BCUT2D eigenvalue weighted by molar-refractivity contribution is 7.89. The molecule has 1 aliphatic rings. The van der Waals surface area contributed by atoms with E-state index in [0.717, 1.165) is 5.39 Å². The van der Waals surface area contributed by atoms with Crippen molar-refractivity contribution in [1.29, 1.82) is 0 Å². The third-order valence-electron chi connectivity index (χ3n) is 5.93. The van der Waals surface area contributed by atoms with E-state index in [0.29, 0.717) is 17.0 Å². The lowest BCUT2D eigenvalue weighted by atomic mass is 9.87. The van der Waals surface area contributed by atoms with Gasteiger partial charge < -0.3 is 15.6 Å². The molecule has 0 bridgehead atoms. The molecule has 10 nitrogen and oxygen atoms in total. The molecule has 1 fully saturated rings. The Hall–Kier alpha value is -3.26. The molecule has 1 amide bonds. The van der Waals surface area contributed by atoms with Crippen molar-refractivity contribution in [3.8, 4) is 11.4 Å². The Morgan fingerprint density at radius 2 is 1.94 bits per heavy atom. The van der Waals surface area contributed by atoms with E-state index in [2.05, 4.69) is 25.3 Å². The van der Waals surface area contributed by atoms with Crippen LogP contribution in [0.4, 0.5) is 19.0 Å². The van der Waals surface area contributed by atoms with Crippen LogP contribution in [0.3, 0.4) is 0 Å². The number of carbonyl (C=O) groups is 1. The largest absolute Gasteiger partial charge is 0.405 e. The van der Waals surface area contributed by atoms with Crippen molar-refractivity contribution in [3.63, 3.8) is 0 Å². The minimum absolute atomic E-state index is 0.0192. The fourth-order valence-electron chi connectivity index (χ4n) is 4.03. The first-order valence-corrected chi connectivity index (χ1v) is 12.5. The lowest BCUT2D eigenvalue weighted by Crippen LogP contribution is -2.60. The number of rotatable bonds is 7. The SMILES string of the molecule is CCS(=O)(=O)N1CCC(Nc2ccnc(-c3c[nH]c4ncccc34)n2)(C(=O)NCC(F)(F)F)CC1. The monoisotopic (exact) mass is 511 g/mol. The van der Waals surface area contributed by atoms with E-state index in [4.69, 9.17) is 0 Å². The predicted octanol–water partition coefficient (Wildman–Crippen LogP) is 2.29. The van der Waals surface area contributed by atoms with Crippen LogP contribution < -0.4 is 10.6 Å². The van der Waals surface area contributed by atoms with Crippen molar-refractivity contribution in [1.82, 2.24) is 29.6 Å². The number of H-pyrrole nitrogens is 1. The van der Waals surface area contributed by atoms with Gasteiger partial charge in [0.05, 0.1) is 5.75 Å². The molecule has 3 aromatic rings. The second kappa shape index (κ2) is 9.41. The Balaban J connectivity index is 1.62. The topological polar surface area (TPSA) is 133 Å². The number of nitrogens with zero attached hydrogens (tertiary/aromatic N) is 4. The minimum atomic E-state index is -4.59. The van der Waals surface area contributed by atoms with Gasteiger partial charge >= 0.3 is 6.18 Å². The molecule has 0 aromatic carbocycles. The fourth-order valence-corrected chi connectivity index (χ4v) is 5.14. The third-order valence-corrected chi connectivity index (χ3v) is 7.81. The summed E-state index contributed by atoms with van der Waals surface area (Å²) in [4.78, 5) is 29.0. The van der Waals surface area contributed by atoms with Gasteiger partial charge in [-0.05, 0) is 38.0 Å². The Morgan fingerprint density at radius 3 is 2.63 bits per heavy atom. The van der Waals surface area contributed by atoms with Crippen molar-refractivity contribution in [2.24, 2.45) is 0 Å². The minimum Gasteiger partial charge on any atom is -0.356 e. The number of carbonyl (C=O) groups excluding carboxylic acids is 1. The summed E-state index contributed by atoms with van der Waals surface area (Å²) in [5.41, 5.74) is -0.188. The van der Waals surface area contributed by atoms with Crippen LogP contribution in [0.15, 0.2) is 36.8 Å². The maximum atomic E-state index is 13.0. The van der Waals surface area contributed by atoms with Crippen LogP contribution in [0.1, 0.15) is 19.8 Å². The van der Waals surface area contributed by atoms with Crippen LogP contribution in [0.25, 0.3) is 22.4 Å². The Labute approximate surface area is 199 Å². The molecule has 4 rings (SSSR count). The van der Waals surface area contributed by atoms with Crippen LogP contribution in [-0.2, 0) is 14.8 Å². The molecular formula is C21H24F3N7O3S. The van der Waals surface area contributed by atoms with Crippen molar-refractivity contribution in [2.45, 2.75) is 31.5 Å². The number of piperidine rings is 1. The molecule has 3 N–H and O–H groups in total. The molecule has 1 aliphatic heterocycles. The van der Waals surface area contributed by atoms with Gasteiger partial charge in [0.2, 0.25) is 15.9 Å². The molecule has 0 atom stereocenters. The van der Waals surface area contributed by atoms with Crippen LogP contribution in [0.2, 0.25) is 0 Å². The first-order chi connectivity index (χ1) is 16.5. The molecule has 0 unspecified atom stereocenters. The van der Waals surface area contributed by atoms with E-state index < -0.39 is 34.2 Å². The number of anilines is 1. The number of fused-ring (bicyclic) bond motifs is 1. The number of sulfonamides is 1. The number of halogens is 3. The lowest BCUT2D eigenvalue weighted by Gasteiger charge is -2.40. The highest BCUT2D eigenvalue weighted by Crippen LogP contribution is 2.30. The second-order valence-electron chi connectivity index (χ2n) is 8.17. The normalized spacial score (nSPS) is 16.8. The Kier molecular flexibility index (Phi) is 6.68. The summed E-state index contributed by atoms with van der Waals surface area (Å²) in [5, 5.41) is 5.71. The van der Waals surface area contributed by atoms with Crippen LogP contribution in [-0.4, -0.2) is 75.7 Å². The van der Waals surface area contributed by atoms with Crippen molar-refractivity contribution in [3.05, 3.63) is 36.8 Å². The zero-order valence-corrected chi connectivity index (χ0v) is 19.6. The molecular weight excluding hydrogens is 487 g/mol. The maximum Gasteiger partial charge on any atom is 0.405 e. The van der Waals surface area contributed by atoms with E-state index in [1.165, 1.54) is 23.5 Å². The second-order valence-corrected chi connectivity index (χ2v) is 10.4. The molecule has 3 aromatic heterocycles. The van der Waals surface area contributed by atoms with Crippen LogP contribution in [0.5, 0.6) is 0 Å². The number of aromatic amines is 1. The van der Waals surface area contributed by atoms with Gasteiger partial charge in [0, 0.05) is 42.6 Å². The fraction of sp³-hybridized carbons (Fsp3) is 0.429. The van der Waals surface area contributed by atoms with Gasteiger partial charge in [-0.25, -0.2) is 27.7 Å². The van der Waals surface area contributed by atoms with Crippen LogP contribution in [0, 0.1) is 0 Å². The Morgan fingerprint density at radius 1 is 1.20 bits per heavy atom. The standard InChI is InChI=1S/C21H24F3N7O3S/c1-2-35(33,34)31-10-6-20(7-11-31,19(32)28-13-21(22,23)24)30-16-5-9-26-18(29-16)15-12-27-17-14(15)4-3-8-25-17/h3-5,8-9,12H,2,6-7,10-11,13H2,1H3,(H,25,27)(H,28,32)(H,26,29,30). The number of aromatic nitrogens is 4. The quantitative estimate of drug-likeness (QED) is 0.443. The number of nitrogens with one attached hydrogen (secondary N) is 3. The van der Waals surface area contributed by atoms with Gasteiger partial charge in [0.25, 0.3) is 0 Å². The molecule has 4 heterocycles. The Bertz CT molecular complexity index is 1320. The van der Waals surface area contributed by atoms with Crippen LogP contribution >= 0.6 is 0 Å². The zero-order chi connectivity index (χ0) is 25.3. The van der Waals surface area contributed by atoms with Crippen molar-refractivity contribution in [2.75, 3.05) is 30.7 Å². The van der Waals surface area contributed by atoms with Gasteiger partial charge in [0.1, 0.15) is 23.5 Å². The summed E-state index contributed by atoms with van der Waals surface area (Å²) in [6.45, 7) is -0.0267. The van der Waals surface area contributed by atoms with Gasteiger partial charge in [-0.3, -0.25) is 4.79 Å². The first kappa shape index (κ1) is 24.9. The summed E-state index contributed by atoms with van der Waals surface area (Å²) in [6.07, 6.45) is 0.136. The number of amides is 1. The number of alkyl halides is 3. The predicted molar refractivity (Wildman–Crippen MR) is 123 cm³/mol. The molecule has 0 radical (unpaired) electrons. The first-order valence-electron chi connectivity index (χ1n) is 10.9. The molecule has 0 aliphatic carbocycles. The summed E-state index contributed by atoms with van der Waals surface area (Å²) < 4.78 is 64.1. The van der Waals surface area contributed by atoms with E-state index in [9.17, 15) is 26.4 Å². The summed E-state index contributed by atoms with van der Waals surface area (Å²) in [6, 6.07) is 5.11. The highest BCUT2D eigenvalue weighted by Gasteiger charge is 2.44. The summed E-state index contributed by atoms with van der Waals surface area (Å²) in [7, 11) is -3.50. The zero-order valence-electron chi connectivity index (χ0n) is 18.8. The van der Waals surface area contributed by atoms with E-state index in [1.807, 2.05) is 11.4 Å². The number of hydrogen-bond acceptors (Lipinski definition) is 7. The maximum absolute atomic E-state index is 13.0. The summed E-state index contributed by atoms with van der Waals surface area (Å²) in [5.74, 6) is -0.434. The average molecular weight is 512 g/mol. The molecule has 0 saturated carbocycles. The third kappa shape index (κ3) is 5.37. The van der Waals surface area contributed by atoms with Crippen molar-refractivity contribution < 1.29 is 26.4 Å². The molecule has 188 valence electrons. The molecule has 1 saturated heterocycles. The van der Waals surface area contributed by atoms with Gasteiger partial charge in [-0.15, -0.1) is 0 Å². The van der Waals surface area contributed by atoms with E-state index in [1.54, 1.807) is 18.5 Å². The van der Waals surface area contributed by atoms with Gasteiger partial charge in [-0.1, -0.05) is 0 Å². The van der Waals surface area contributed by atoms with Gasteiger partial charge in [-0.2, -0.15) is 13.2 Å². The van der Waals surface area contributed by atoms with E-state index >= 15 is 0 Å². The molecule has 14 heteroatoms. The molecule has 35 heavy (non-hydrogen) atoms.